The van der Waals surface area contributed by atoms with Crippen LogP contribution in [0.2, 0.25) is 5.02 Å². The summed E-state index contributed by atoms with van der Waals surface area (Å²) in [6.45, 7) is 3.36. The molecule has 1 aliphatic heterocycles. The number of nitrogens with one attached hydrogen (secondary N) is 1. The van der Waals surface area contributed by atoms with Crippen LogP contribution in [0.25, 0.3) is 11.3 Å². The van der Waals surface area contributed by atoms with Gasteiger partial charge in [0.05, 0.1) is 16.5 Å². The van der Waals surface area contributed by atoms with Crippen molar-refractivity contribution in [3.8, 4) is 11.3 Å². The van der Waals surface area contributed by atoms with Crippen molar-refractivity contribution in [2.45, 2.75) is 12.6 Å². The van der Waals surface area contributed by atoms with Crippen molar-refractivity contribution in [2.24, 2.45) is 0 Å². The maximum atomic E-state index is 10.9. The molecule has 0 spiro atoms. The third kappa shape index (κ3) is 4.76. The molecule has 3 aromatic rings. The van der Waals surface area contributed by atoms with E-state index in [1.807, 2.05) is 36.7 Å². The lowest BCUT2D eigenvalue weighted by Gasteiger charge is -2.35. The van der Waals surface area contributed by atoms with Crippen LogP contribution in [0.3, 0.4) is 0 Å². The lowest BCUT2D eigenvalue weighted by Crippen LogP contribution is -2.45. The molecule has 152 valence electrons. The first-order chi connectivity index (χ1) is 13.6. The van der Waals surface area contributed by atoms with Crippen molar-refractivity contribution in [2.75, 3.05) is 19.6 Å². The number of aromatic nitrogens is 1. The number of furan rings is 1. The van der Waals surface area contributed by atoms with E-state index in [9.17, 15) is 10.1 Å². The number of nitrogens with zero attached hydrogens (tertiary/aromatic N) is 3. The average Bonchev–Trinajstić information content (AvgIpc) is 3.17. The zero-order valence-electron chi connectivity index (χ0n) is 15.5. The zero-order valence-corrected chi connectivity index (χ0v) is 17.0. The van der Waals surface area contributed by atoms with Gasteiger partial charge in [0.1, 0.15) is 11.5 Å². The maximum absolute atomic E-state index is 10.9. The van der Waals surface area contributed by atoms with E-state index >= 15 is 0 Å². The zero-order chi connectivity index (χ0) is 19.5. The lowest BCUT2D eigenvalue weighted by atomic mass is 10.0. The van der Waals surface area contributed by atoms with Gasteiger partial charge < -0.3 is 9.73 Å². The van der Waals surface area contributed by atoms with Crippen LogP contribution in [-0.2, 0) is 6.54 Å². The molecule has 1 atom stereocenters. The van der Waals surface area contributed by atoms with Crippen molar-refractivity contribution in [3.05, 3.63) is 81.3 Å². The number of hydrogen-bond acceptors (Lipinski definition) is 6. The first kappa shape index (κ1) is 21.3. The number of hydrogen-bond donors (Lipinski definition) is 1. The molecule has 1 unspecified atom stereocenters. The second kappa shape index (κ2) is 9.37. The molecular weight excluding hydrogens is 415 g/mol. The molecule has 29 heavy (non-hydrogen) atoms. The van der Waals surface area contributed by atoms with Crippen molar-refractivity contribution in [1.29, 1.82) is 0 Å². The van der Waals surface area contributed by atoms with Crippen LogP contribution in [0.15, 0.2) is 59.3 Å². The molecule has 1 aliphatic rings. The van der Waals surface area contributed by atoms with Crippen LogP contribution >= 0.6 is 24.0 Å². The van der Waals surface area contributed by atoms with Gasteiger partial charge >= 0.3 is 0 Å². The molecule has 0 aliphatic carbocycles. The Labute approximate surface area is 179 Å². The van der Waals surface area contributed by atoms with Crippen LogP contribution in [-0.4, -0.2) is 34.4 Å². The Morgan fingerprint density at radius 1 is 1.24 bits per heavy atom. The highest BCUT2D eigenvalue weighted by Crippen LogP contribution is 2.33. The number of piperazine rings is 1. The number of halogens is 2. The second-order valence-corrected chi connectivity index (χ2v) is 7.07. The summed E-state index contributed by atoms with van der Waals surface area (Å²) in [6, 6.07) is 12.5. The Hall–Kier alpha value is -2.45. The minimum absolute atomic E-state index is 0. The molecule has 0 saturated carbocycles. The third-order valence-electron chi connectivity index (χ3n) is 4.89. The third-order valence-corrected chi connectivity index (χ3v) is 5.21. The number of nitro groups is 1. The Morgan fingerprint density at radius 3 is 2.76 bits per heavy atom. The largest absolute Gasteiger partial charge is 0.460 e. The summed E-state index contributed by atoms with van der Waals surface area (Å²) in [5.41, 5.74) is 1.82. The van der Waals surface area contributed by atoms with Gasteiger partial charge in [0.25, 0.3) is 5.69 Å². The molecule has 4 rings (SSSR count). The van der Waals surface area contributed by atoms with Crippen LogP contribution in [0.1, 0.15) is 17.4 Å². The number of non-ortho nitro benzene ring substituents is 1. The molecule has 3 heterocycles. The molecule has 7 nitrogen and oxygen atoms in total. The smallest absolute Gasteiger partial charge is 0.270 e. The van der Waals surface area contributed by atoms with Gasteiger partial charge in [-0.2, -0.15) is 0 Å². The number of nitro benzene ring substituents is 1. The van der Waals surface area contributed by atoms with Crippen LogP contribution < -0.4 is 5.32 Å². The fourth-order valence-corrected chi connectivity index (χ4v) is 3.74. The highest BCUT2D eigenvalue weighted by Gasteiger charge is 2.25. The minimum Gasteiger partial charge on any atom is -0.460 e. The topological polar surface area (TPSA) is 84.4 Å². The van der Waals surface area contributed by atoms with E-state index in [1.165, 1.54) is 17.7 Å². The predicted octanol–water partition coefficient (Wildman–Crippen LogP) is 4.47. The fourth-order valence-electron chi connectivity index (χ4n) is 3.48. The van der Waals surface area contributed by atoms with Crippen LogP contribution in [0.4, 0.5) is 5.69 Å². The molecule has 1 fully saturated rings. The van der Waals surface area contributed by atoms with Gasteiger partial charge in [0.15, 0.2) is 0 Å². The van der Waals surface area contributed by atoms with Crippen molar-refractivity contribution >= 4 is 29.7 Å². The molecule has 2 aromatic heterocycles. The molecule has 1 N–H and O–H groups in total. The quantitative estimate of drug-likeness (QED) is 0.470. The van der Waals surface area contributed by atoms with E-state index in [0.29, 0.717) is 22.9 Å². The molecule has 0 amide bonds. The molecule has 1 aromatic carbocycles. The summed E-state index contributed by atoms with van der Waals surface area (Å²) in [6.07, 6.45) is 3.62. The molecule has 9 heteroatoms. The van der Waals surface area contributed by atoms with E-state index in [1.54, 1.807) is 6.07 Å². The Bertz CT molecular complexity index is 981. The van der Waals surface area contributed by atoms with E-state index in [4.69, 9.17) is 16.0 Å². The van der Waals surface area contributed by atoms with Crippen molar-refractivity contribution < 1.29 is 9.34 Å². The summed E-state index contributed by atoms with van der Waals surface area (Å²) in [7, 11) is 0. The monoisotopic (exact) mass is 434 g/mol. The van der Waals surface area contributed by atoms with Gasteiger partial charge in [-0.1, -0.05) is 11.6 Å². The maximum Gasteiger partial charge on any atom is 0.270 e. The molecule has 0 bridgehead atoms. The highest BCUT2D eigenvalue weighted by molar-refractivity contribution is 6.33. The number of benzene rings is 1. The lowest BCUT2D eigenvalue weighted by molar-refractivity contribution is -0.384. The molecular formula is C20H20Cl2N4O3. The number of pyridine rings is 1. The van der Waals surface area contributed by atoms with Crippen LogP contribution in [0.5, 0.6) is 0 Å². The van der Waals surface area contributed by atoms with E-state index in [0.717, 1.165) is 25.4 Å². The first-order valence-corrected chi connectivity index (χ1v) is 9.37. The first-order valence-electron chi connectivity index (χ1n) is 8.99. The average molecular weight is 435 g/mol. The Kier molecular flexibility index (Phi) is 6.87. The standard InChI is InChI=1S/C20H19ClN4O3.ClH/c21-18-11-15(25(26)27)1-3-17(18)20-4-2-16(28-20)13-24-10-9-23-12-19(24)14-5-7-22-8-6-14;/h1-8,11,19,23H,9-10,12-13H2;1H. The molecule has 0 radical (unpaired) electrons. The van der Waals surface area contributed by atoms with Crippen LogP contribution in [0, 0.1) is 10.1 Å². The van der Waals surface area contributed by atoms with E-state index in [2.05, 4.69) is 15.2 Å². The van der Waals surface area contributed by atoms with Crippen molar-refractivity contribution in [1.82, 2.24) is 15.2 Å². The highest BCUT2D eigenvalue weighted by atomic mass is 35.5. The summed E-state index contributed by atoms with van der Waals surface area (Å²) in [4.78, 5) is 16.9. The summed E-state index contributed by atoms with van der Waals surface area (Å²) >= 11 is 6.22. The Morgan fingerprint density at radius 2 is 2.03 bits per heavy atom. The van der Waals surface area contributed by atoms with Gasteiger partial charge in [-0.3, -0.25) is 20.0 Å². The SMILES string of the molecule is Cl.O=[N+]([O-])c1ccc(-c2ccc(CN3CCNCC3c3ccncc3)o2)c(Cl)c1. The van der Waals surface area contributed by atoms with Crippen molar-refractivity contribution in [3.63, 3.8) is 0 Å². The van der Waals surface area contributed by atoms with Gasteiger partial charge in [-0.05, 0) is 35.9 Å². The summed E-state index contributed by atoms with van der Waals surface area (Å²) in [5, 5.41) is 14.6. The minimum atomic E-state index is -0.465. The normalized spacial score (nSPS) is 16.9. The summed E-state index contributed by atoms with van der Waals surface area (Å²) < 4.78 is 6.01. The van der Waals surface area contributed by atoms with E-state index < -0.39 is 4.92 Å². The predicted molar refractivity (Wildman–Crippen MR) is 113 cm³/mol. The van der Waals surface area contributed by atoms with E-state index in [-0.39, 0.29) is 24.1 Å². The fraction of sp³-hybridized carbons (Fsp3) is 0.250. The van der Waals surface area contributed by atoms with Gasteiger partial charge in [0, 0.05) is 55.8 Å². The number of rotatable bonds is 5. The van der Waals surface area contributed by atoms with Gasteiger partial charge in [0.2, 0.25) is 0 Å². The Balaban J connectivity index is 0.00000240. The summed E-state index contributed by atoms with van der Waals surface area (Å²) in [5.74, 6) is 1.43. The van der Waals surface area contributed by atoms with Gasteiger partial charge in [-0.25, -0.2) is 0 Å². The second-order valence-electron chi connectivity index (χ2n) is 6.66. The molecule has 1 saturated heterocycles. The van der Waals surface area contributed by atoms with Gasteiger partial charge in [-0.15, -0.1) is 12.4 Å².